The topological polar surface area (TPSA) is 61.6 Å². The number of anilines is 2. The van der Waals surface area contributed by atoms with Crippen molar-refractivity contribution in [1.29, 1.82) is 5.26 Å². The molecule has 0 radical (unpaired) electrons. The summed E-state index contributed by atoms with van der Waals surface area (Å²) in [5, 5.41) is 12.6. The van der Waals surface area contributed by atoms with Crippen LogP contribution in [0.25, 0.3) is 0 Å². The summed E-state index contributed by atoms with van der Waals surface area (Å²) in [6.45, 7) is 1.92. The Labute approximate surface area is 118 Å². The monoisotopic (exact) mass is 322 g/mol. The third-order valence-electron chi connectivity index (χ3n) is 2.31. The molecule has 4 nitrogen and oxygen atoms in total. The third-order valence-corrected chi connectivity index (χ3v) is 3.37. The lowest BCUT2D eigenvalue weighted by Crippen LogP contribution is -1.99. The fourth-order valence-electron chi connectivity index (χ4n) is 1.38. The van der Waals surface area contributed by atoms with Crippen LogP contribution in [0, 0.1) is 18.3 Å². The first-order valence-corrected chi connectivity index (χ1v) is 6.22. The van der Waals surface area contributed by atoms with E-state index in [2.05, 4.69) is 31.2 Å². The lowest BCUT2D eigenvalue weighted by molar-refractivity contribution is 1.16. The molecule has 6 heteroatoms. The Hall–Kier alpha value is -1.64. The molecule has 1 N–H and O–H groups in total. The first-order chi connectivity index (χ1) is 8.61. The number of benzene rings is 1. The van der Waals surface area contributed by atoms with Gasteiger partial charge in [-0.05, 0) is 40.5 Å². The molecule has 0 aliphatic heterocycles. The van der Waals surface area contributed by atoms with Gasteiger partial charge >= 0.3 is 0 Å². The molecule has 0 amide bonds. The van der Waals surface area contributed by atoms with Gasteiger partial charge in [0.05, 0.1) is 5.69 Å². The van der Waals surface area contributed by atoms with E-state index in [9.17, 15) is 0 Å². The van der Waals surface area contributed by atoms with Crippen LogP contribution >= 0.6 is 27.5 Å². The van der Waals surface area contributed by atoms with Gasteiger partial charge in [-0.3, -0.25) is 0 Å². The molecule has 0 saturated carbocycles. The highest BCUT2D eigenvalue weighted by molar-refractivity contribution is 9.10. The molecule has 0 aliphatic carbocycles. The number of nitriles is 1. The highest BCUT2D eigenvalue weighted by Gasteiger charge is 2.08. The van der Waals surface area contributed by atoms with Gasteiger partial charge in [0, 0.05) is 21.9 Å². The first-order valence-electron chi connectivity index (χ1n) is 5.05. The molecule has 0 bridgehead atoms. The maximum Gasteiger partial charge on any atom is 0.183 e. The lowest BCUT2D eigenvalue weighted by Gasteiger charge is -2.10. The minimum absolute atomic E-state index is 0.237. The lowest BCUT2D eigenvalue weighted by atomic mass is 10.2. The van der Waals surface area contributed by atoms with Crippen LogP contribution in [0.5, 0.6) is 0 Å². The minimum atomic E-state index is 0.237. The Morgan fingerprint density at radius 3 is 2.78 bits per heavy atom. The fraction of sp³-hybridized carbons (Fsp3) is 0.0833. The number of nitrogens with zero attached hydrogens (tertiary/aromatic N) is 3. The summed E-state index contributed by atoms with van der Waals surface area (Å²) >= 11 is 9.50. The van der Waals surface area contributed by atoms with E-state index in [0.717, 1.165) is 15.7 Å². The summed E-state index contributed by atoms with van der Waals surface area (Å²) in [7, 11) is 0. The van der Waals surface area contributed by atoms with Crippen molar-refractivity contribution in [3.05, 3.63) is 45.3 Å². The molecule has 18 heavy (non-hydrogen) atoms. The summed E-state index contributed by atoms with van der Waals surface area (Å²) in [5.74, 6) is 0.403. The Morgan fingerprint density at radius 2 is 2.06 bits per heavy atom. The molecule has 1 aromatic heterocycles. The summed E-state index contributed by atoms with van der Waals surface area (Å²) in [4.78, 5) is 8.01. The van der Waals surface area contributed by atoms with Crippen molar-refractivity contribution < 1.29 is 0 Å². The summed E-state index contributed by atoms with van der Waals surface area (Å²) in [6, 6.07) is 5.65. The zero-order chi connectivity index (χ0) is 13.1. The van der Waals surface area contributed by atoms with Crippen LogP contribution < -0.4 is 5.32 Å². The number of hydrogen-bond acceptors (Lipinski definition) is 4. The quantitative estimate of drug-likeness (QED) is 0.912. The Bertz CT molecular complexity index is 636. The maximum absolute atomic E-state index is 8.93. The van der Waals surface area contributed by atoms with Crippen LogP contribution in [0.1, 0.15) is 11.3 Å². The molecule has 0 saturated heterocycles. The van der Waals surface area contributed by atoms with E-state index >= 15 is 0 Å². The molecule has 2 rings (SSSR count). The van der Waals surface area contributed by atoms with Gasteiger partial charge in [0.25, 0.3) is 0 Å². The summed E-state index contributed by atoms with van der Waals surface area (Å²) in [6.07, 6.45) is 2.99. The predicted octanol–water partition coefficient (Wildman–Crippen LogP) is 3.82. The van der Waals surface area contributed by atoms with Crippen LogP contribution in [0.4, 0.5) is 11.5 Å². The number of hydrogen-bond donors (Lipinski definition) is 1. The molecule has 0 aliphatic rings. The first kappa shape index (κ1) is 12.8. The zero-order valence-electron chi connectivity index (χ0n) is 9.41. The van der Waals surface area contributed by atoms with Gasteiger partial charge in [0.2, 0.25) is 0 Å². The number of halogens is 2. The second-order valence-corrected chi connectivity index (χ2v) is 4.83. The Balaban J connectivity index is 2.41. The highest BCUT2D eigenvalue weighted by atomic mass is 79.9. The minimum Gasteiger partial charge on any atom is -0.337 e. The van der Waals surface area contributed by atoms with Gasteiger partial charge in [0.1, 0.15) is 6.07 Å². The fourth-order valence-corrected chi connectivity index (χ4v) is 2.10. The van der Waals surface area contributed by atoms with Crippen molar-refractivity contribution in [3.8, 4) is 6.07 Å². The van der Waals surface area contributed by atoms with Crippen LogP contribution in [-0.2, 0) is 0 Å². The number of aromatic nitrogens is 2. The summed E-state index contributed by atoms with van der Waals surface area (Å²) < 4.78 is 0.846. The second-order valence-electron chi connectivity index (χ2n) is 3.57. The van der Waals surface area contributed by atoms with Crippen LogP contribution in [0.3, 0.4) is 0 Å². The molecule has 0 unspecified atom stereocenters. The molecular formula is C12H8BrClN4. The van der Waals surface area contributed by atoms with Crippen molar-refractivity contribution >= 4 is 39.0 Å². The van der Waals surface area contributed by atoms with Gasteiger partial charge in [0.15, 0.2) is 11.5 Å². The van der Waals surface area contributed by atoms with Gasteiger partial charge < -0.3 is 5.32 Å². The molecule has 90 valence electrons. The average molecular weight is 324 g/mol. The van der Waals surface area contributed by atoms with E-state index in [1.165, 1.54) is 12.4 Å². The van der Waals surface area contributed by atoms with Gasteiger partial charge in [-0.2, -0.15) is 5.26 Å². The molecule has 0 fully saturated rings. The summed E-state index contributed by atoms with van der Waals surface area (Å²) in [5.41, 5.74) is 1.94. The van der Waals surface area contributed by atoms with Crippen molar-refractivity contribution in [2.24, 2.45) is 0 Å². The smallest absolute Gasteiger partial charge is 0.183 e. The predicted molar refractivity (Wildman–Crippen MR) is 73.9 cm³/mol. The van der Waals surface area contributed by atoms with Crippen LogP contribution in [0.15, 0.2) is 29.0 Å². The molecule has 1 heterocycles. The molecule has 2 aromatic rings. The van der Waals surface area contributed by atoms with E-state index < -0.39 is 0 Å². The molecule has 1 aromatic carbocycles. The maximum atomic E-state index is 8.93. The average Bonchev–Trinajstić information content (AvgIpc) is 2.36. The Kier molecular flexibility index (Phi) is 3.80. The number of aryl methyl sites for hydroxylation is 1. The standard InChI is InChI=1S/C12H8BrClN4/c1-7-4-8(13)10(5-9(7)14)18-12-11(6-15)16-2-3-17-12/h2-5H,1H3,(H,17,18). The van der Waals surface area contributed by atoms with E-state index in [-0.39, 0.29) is 5.69 Å². The third kappa shape index (κ3) is 2.61. The van der Waals surface area contributed by atoms with Gasteiger partial charge in [-0.15, -0.1) is 0 Å². The van der Waals surface area contributed by atoms with Crippen molar-refractivity contribution in [2.45, 2.75) is 6.92 Å². The van der Waals surface area contributed by atoms with Crippen LogP contribution in [0.2, 0.25) is 5.02 Å². The van der Waals surface area contributed by atoms with E-state index in [1.54, 1.807) is 6.07 Å². The SMILES string of the molecule is Cc1cc(Br)c(Nc2nccnc2C#N)cc1Cl. The zero-order valence-corrected chi connectivity index (χ0v) is 11.7. The van der Waals surface area contributed by atoms with E-state index in [1.807, 2.05) is 19.1 Å². The number of rotatable bonds is 2. The highest BCUT2D eigenvalue weighted by Crippen LogP contribution is 2.31. The largest absolute Gasteiger partial charge is 0.337 e. The molecule has 0 atom stereocenters. The van der Waals surface area contributed by atoms with E-state index in [0.29, 0.717) is 10.8 Å². The molecule has 0 spiro atoms. The number of nitrogens with one attached hydrogen (secondary N) is 1. The van der Waals surface area contributed by atoms with Crippen molar-refractivity contribution in [1.82, 2.24) is 9.97 Å². The van der Waals surface area contributed by atoms with Crippen LogP contribution in [-0.4, -0.2) is 9.97 Å². The Morgan fingerprint density at radius 1 is 1.33 bits per heavy atom. The van der Waals surface area contributed by atoms with Gasteiger partial charge in [-0.25, -0.2) is 9.97 Å². The van der Waals surface area contributed by atoms with Crippen molar-refractivity contribution in [2.75, 3.05) is 5.32 Å². The molecular weight excluding hydrogens is 316 g/mol. The normalized spacial score (nSPS) is 9.89. The van der Waals surface area contributed by atoms with Crippen molar-refractivity contribution in [3.63, 3.8) is 0 Å². The van der Waals surface area contributed by atoms with E-state index in [4.69, 9.17) is 16.9 Å². The second kappa shape index (κ2) is 5.34. The van der Waals surface area contributed by atoms with Gasteiger partial charge in [-0.1, -0.05) is 11.6 Å².